The third kappa shape index (κ3) is 4.98. The molecule has 0 spiro atoms. The highest BCUT2D eigenvalue weighted by Gasteiger charge is 2.35. The van der Waals surface area contributed by atoms with Crippen LogP contribution in [0, 0.1) is 18.7 Å². The van der Waals surface area contributed by atoms with Crippen LogP contribution >= 0.6 is 0 Å². The van der Waals surface area contributed by atoms with Gasteiger partial charge in [0.15, 0.2) is 11.6 Å². The van der Waals surface area contributed by atoms with Gasteiger partial charge in [0.2, 0.25) is 10.0 Å². The fourth-order valence-corrected chi connectivity index (χ4v) is 5.03. The molecule has 0 amide bonds. The molecule has 0 unspecified atom stereocenters. The molecule has 0 aliphatic heterocycles. The van der Waals surface area contributed by atoms with E-state index >= 15 is 0 Å². The van der Waals surface area contributed by atoms with E-state index < -0.39 is 38.9 Å². The molecular formula is C25H28F3N3O5S. The van der Waals surface area contributed by atoms with Gasteiger partial charge in [-0.3, -0.25) is 4.72 Å². The van der Waals surface area contributed by atoms with Crippen LogP contribution in [0.1, 0.15) is 62.5 Å². The molecule has 1 saturated carbocycles. The number of hydrogen-bond donors (Lipinski definition) is 2. The number of carbonyl (C=O) groups is 1. The van der Waals surface area contributed by atoms with Crippen molar-refractivity contribution in [3.8, 4) is 17.0 Å². The quantitative estimate of drug-likeness (QED) is 0.365. The number of rotatable bonds is 8. The van der Waals surface area contributed by atoms with Crippen molar-refractivity contribution in [1.82, 2.24) is 9.55 Å². The molecule has 0 saturated heterocycles. The van der Waals surface area contributed by atoms with Crippen LogP contribution in [-0.2, 0) is 10.0 Å². The topological polar surface area (TPSA) is 111 Å². The van der Waals surface area contributed by atoms with E-state index in [1.54, 1.807) is 32.3 Å². The maximum absolute atomic E-state index is 14.7. The van der Waals surface area contributed by atoms with Gasteiger partial charge in [0.25, 0.3) is 0 Å². The predicted octanol–water partition coefficient (Wildman–Crippen LogP) is 5.96. The third-order valence-electron chi connectivity index (χ3n) is 6.61. The van der Waals surface area contributed by atoms with E-state index in [9.17, 15) is 31.5 Å². The molecule has 4 rings (SSSR count). The Labute approximate surface area is 212 Å². The van der Waals surface area contributed by atoms with Gasteiger partial charge < -0.3 is 14.4 Å². The summed E-state index contributed by atoms with van der Waals surface area (Å²) >= 11 is 0. The first-order chi connectivity index (χ1) is 17.1. The summed E-state index contributed by atoms with van der Waals surface area (Å²) in [5, 5.41) is 10.2. The summed E-state index contributed by atoms with van der Waals surface area (Å²) < 4.78 is 73.1. The average Bonchev–Trinajstić information content (AvgIpc) is 3.55. The first kappa shape index (κ1) is 26.8. The lowest BCUT2D eigenvalue weighted by Crippen LogP contribution is -2.34. The summed E-state index contributed by atoms with van der Waals surface area (Å²) in [5.41, 5.74) is 1.15. The Balaban J connectivity index is 1.97. The van der Waals surface area contributed by atoms with Gasteiger partial charge in [-0.1, -0.05) is 0 Å². The number of aromatic nitrogens is 2. The second-order valence-corrected chi connectivity index (χ2v) is 12.7. The highest BCUT2D eigenvalue weighted by Crippen LogP contribution is 2.46. The first-order valence-corrected chi connectivity index (χ1v) is 13.2. The van der Waals surface area contributed by atoms with Crippen molar-refractivity contribution in [1.29, 1.82) is 0 Å². The van der Waals surface area contributed by atoms with Crippen molar-refractivity contribution < 1.29 is 36.2 Å². The highest BCUT2D eigenvalue weighted by molar-refractivity contribution is 7.94. The summed E-state index contributed by atoms with van der Waals surface area (Å²) in [6, 6.07) is 3.24. The zero-order valence-electron chi connectivity index (χ0n) is 21.0. The summed E-state index contributed by atoms with van der Waals surface area (Å²) in [7, 11) is -3.76. The number of ether oxygens (including phenoxy) is 1. The van der Waals surface area contributed by atoms with E-state index in [0.717, 1.165) is 25.0 Å². The number of hydrogen-bond acceptors (Lipinski definition) is 5. The van der Waals surface area contributed by atoms with Crippen molar-refractivity contribution in [2.45, 2.75) is 64.9 Å². The molecule has 1 fully saturated rings. The van der Waals surface area contributed by atoms with Crippen LogP contribution in [0.25, 0.3) is 22.2 Å². The molecule has 0 bridgehead atoms. The number of nitrogens with zero attached hydrogens (tertiary/aromatic N) is 2. The highest BCUT2D eigenvalue weighted by atomic mass is 32.2. The number of nitrogens with one attached hydrogen (secondary N) is 1. The molecule has 1 aliphatic carbocycles. The zero-order chi connectivity index (χ0) is 27.4. The largest absolute Gasteiger partial charge is 0.478 e. The van der Waals surface area contributed by atoms with E-state index in [2.05, 4.69) is 14.4 Å². The molecule has 37 heavy (non-hydrogen) atoms. The number of aryl methyl sites for hydroxylation is 1. The Morgan fingerprint density at radius 1 is 1.24 bits per heavy atom. The van der Waals surface area contributed by atoms with Gasteiger partial charge in [0, 0.05) is 29.3 Å². The van der Waals surface area contributed by atoms with Gasteiger partial charge in [-0.2, -0.15) is 8.78 Å². The molecule has 2 aromatic heterocycles. The second-order valence-electron chi connectivity index (χ2n) is 10.3. The molecule has 1 aliphatic rings. The lowest BCUT2D eigenvalue weighted by molar-refractivity contribution is -0.0521. The molecule has 1 aromatic carbocycles. The number of anilines is 1. The maximum Gasteiger partial charge on any atom is 0.387 e. The van der Waals surface area contributed by atoms with Crippen LogP contribution in [-0.4, -0.2) is 40.4 Å². The summed E-state index contributed by atoms with van der Waals surface area (Å²) in [5.74, 6) is -2.86. The third-order valence-corrected chi connectivity index (χ3v) is 8.70. The number of fused-ring (bicyclic) bond motifs is 1. The van der Waals surface area contributed by atoms with Crippen LogP contribution in [0.15, 0.2) is 24.4 Å². The predicted molar refractivity (Wildman–Crippen MR) is 133 cm³/mol. The lowest BCUT2D eigenvalue weighted by Gasteiger charge is -2.22. The Kier molecular flexibility index (Phi) is 6.68. The summed E-state index contributed by atoms with van der Waals surface area (Å²) in [6.07, 6.45) is 3.16. The Morgan fingerprint density at radius 2 is 1.89 bits per heavy atom. The molecule has 1 atom stereocenters. The Hall–Kier alpha value is -3.28. The smallest absolute Gasteiger partial charge is 0.387 e. The fourth-order valence-electron chi connectivity index (χ4n) is 4.34. The van der Waals surface area contributed by atoms with Gasteiger partial charge >= 0.3 is 12.6 Å². The molecular weight excluding hydrogens is 511 g/mol. The van der Waals surface area contributed by atoms with E-state index in [0.29, 0.717) is 11.1 Å². The number of halogens is 3. The maximum atomic E-state index is 14.7. The van der Waals surface area contributed by atoms with Gasteiger partial charge in [-0.15, -0.1) is 0 Å². The monoisotopic (exact) mass is 539 g/mol. The standard InChI is InChI=1S/C25H28F3N3O5S/c1-12-8-20(30-37(34,35)25(3,4)5)29-11-16(12)22-21(23(32)33)15-9-17(26)19(36-24(27)28)10-18(15)31(22)13(2)14-6-7-14/h8-11,13-14,24H,6-7H2,1-5H3,(H,29,30)(H,32,33)/t13-/m1/s1. The molecule has 12 heteroatoms. The van der Waals surface area contributed by atoms with E-state index in [4.69, 9.17) is 0 Å². The fraction of sp³-hybridized carbons (Fsp3) is 0.440. The van der Waals surface area contributed by atoms with Crippen molar-refractivity contribution in [2.75, 3.05) is 4.72 Å². The van der Waals surface area contributed by atoms with Crippen LogP contribution in [0.5, 0.6) is 5.75 Å². The first-order valence-electron chi connectivity index (χ1n) is 11.7. The minimum Gasteiger partial charge on any atom is -0.478 e. The number of sulfonamides is 1. The number of benzene rings is 1. The van der Waals surface area contributed by atoms with Gasteiger partial charge in [0.1, 0.15) is 5.82 Å². The molecule has 2 heterocycles. The van der Waals surface area contributed by atoms with Crippen LogP contribution in [0.4, 0.5) is 19.0 Å². The van der Waals surface area contributed by atoms with Crippen molar-refractivity contribution in [2.24, 2.45) is 5.92 Å². The van der Waals surface area contributed by atoms with E-state index in [1.807, 2.05) is 6.92 Å². The van der Waals surface area contributed by atoms with Gasteiger partial charge in [0.05, 0.1) is 21.5 Å². The zero-order valence-corrected chi connectivity index (χ0v) is 21.8. The van der Waals surface area contributed by atoms with Crippen LogP contribution < -0.4 is 9.46 Å². The Bertz CT molecular complexity index is 1490. The number of carboxylic acids is 1. The van der Waals surface area contributed by atoms with Crippen molar-refractivity contribution >= 4 is 32.7 Å². The SMILES string of the molecule is Cc1cc(NS(=O)(=O)C(C)(C)C)ncc1-c1c(C(=O)O)c2cc(F)c(OC(F)F)cc2n1[C@H](C)C1CC1. The molecule has 3 aromatic rings. The van der Waals surface area contributed by atoms with Crippen molar-refractivity contribution in [3.05, 3.63) is 41.3 Å². The molecule has 2 N–H and O–H groups in total. The number of pyridine rings is 1. The lowest BCUT2D eigenvalue weighted by atomic mass is 10.0. The number of carboxylic acid groups (broad SMARTS) is 1. The van der Waals surface area contributed by atoms with E-state index in [-0.39, 0.29) is 39.9 Å². The number of alkyl halides is 2. The summed E-state index contributed by atoms with van der Waals surface area (Å²) in [4.78, 5) is 16.7. The van der Waals surface area contributed by atoms with Crippen LogP contribution in [0.3, 0.4) is 0 Å². The molecule has 8 nitrogen and oxygen atoms in total. The van der Waals surface area contributed by atoms with Crippen molar-refractivity contribution in [3.63, 3.8) is 0 Å². The molecule has 200 valence electrons. The van der Waals surface area contributed by atoms with E-state index in [1.165, 1.54) is 12.3 Å². The van der Waals surface area contributed by atoms with Gasteiger partial charge in [-0.25, -0.2) is 22.6 Å². The number of aromatic carboxylic acids is 1. The minimum absolute atomic E-state index is 0.0334. The normalized spacial score (nSPS) is 15.3. The Morgan fingerprint density at radius 3 is 2.41 bits per heavy atom. The molecule has 0 radical (unpaired) electrons. The minimum atomic E-state index is -3.76. The van der Waals surface area contributed by atoms with Crippen LogP contribution in [0.2, 0.25) is 0 Å². The second kappa shape index (κ2) is 9.23. The van der Waals surface area contributed by atoms with Gasteiger partial charge in [-0.05, 0) is 71.1 Å². The summed E-state index contributed by atoms with van der Waals surface area (Å²) in [6.45, 7) is 4.92. The average molecular weight is 540 g/mol.